The fourth-order valence-electron chi connectivity index (χ4n) is 10.9. The maximum Gasteiger partial charge on any atom is 0.315 e. The predicted octanol–water partition coefficient (Wildman–Crippen LogP) is 3.38. The Morgan fingerprint density at radius 1 is 0.886 bits per heavy atom. The average molecular weight is 621 g/mol. The molecule has 0 aromatic carbocycles. The van der Waals surface area contributed by atoms with E-state index in [-0.39, 0.29) is 35.4 Å². The van der Waals surface area contributed by atoms with Crippen molar-refractivity contribution in [2.45, 2.75) is 159 Å². The number of carbonyl (C=O) groups is 1. The summed E-state index contributed by atoms with van der Waals surface area (Å²) in [6.07, 6.45) is 5.04. The van der Waals surface area contributed by atoms with Gasteiger partial charge in [-0.2, -0.15) is 0 Å². The van der Waals surface area contributed by atoms with Crippen molar-refractivity contribution in [3.05, 3.63) is 11.6 Å². The second kappa shape index (κ2) is 11.3. The van der Waals surface area contributed by atoms with E-state index >= 15 is 0 Å². The Morgan fingerprint density at radius 2 is 1.61 bits per heavy atom. The van der Waals surface area contributed by atoms with Crippen molar-refractivity contribution >= 4 is 5.97 Å². The molecule has 3 heterocycles. The number of aliphatic hydroxyl groups is 3. The van der Waals surface area contributed by atoms with Gasteiger partial charge in [0.05, 0.1) is 36.1 Å². The number of cyclic esters (lactones) is 1. The van der Waals surface area contributed by atoms with E-state index in [4.69, 9.17) is 28.4 Å². The third kappa shape index (κ3) is 4.60. The van der Waals surface area contributed by atoms with Crippen LogP contribution in [0.2, 0.25) is 0 Å². The Bertz CT molecular complexity index is 1130. The summed E-state index contributed by atoms with van der Waals surface area (Å²) in [6, 6.07) is 0. The minimum Gasteiger partial charge on any atom is -0.462 e. The molecular formula is C34H52O10. The normalized spacial score (nSPS) is 55.3. The van der Waals surface area contributed by atoms with Crippen LogP contribution in [0.4, 0.5) is 0 Å². The number of methoxy groups -OCH3 is 1. The lowest BCUT2D eigenvalue weighted by atomic mass is 9.45. The van der Waals surface area contributed by atoms with E-state index < -0.39 is 60.2 Å². The number of aliphatic hydroxyl groups excluding tert-OH is 2. The van der Waals surface area contributed by atoms with Crippen LogP contribution in [0.15, 0.2) is 11.6 Å². The molecule has 3 aliphatic heterocycles. The molecule has 1 spiro atoms. The summed E-state index contributed by atoms with van der Waals surface area (Å²) in [6.45, 7) is 8.03. The van der Waals surface area contributed by atoms with Gasteiger partial charge in [0.15, 0.2) is 12.6 Å². The number of rotatable bonds is 5. The molecule has 3 saturated carbocycles. The highest BCUT2D eigenvalue weighted by Crippen LogP contribution is 2.70. The van der Waals surface area contributed by atoms with Gasteiger partial charge >= 0.3 is 5.97 Å². The van der Waals surface area contributed by atoms with Crippen molar-refractivity contribution in [2.75, 3.05) is 7.11 Å². The van der Waals surface area contributed by atoms with Crippen molar-refractivity contribution in [1.82, 2.24) is 0 Å². The molecule has 0 aromatic rings. The molecule has 7 rings (SSSR count). The van der Waals surface area contributed by atoms with Crippen molar-refractivity contribution in [2.24, 2.45) is 28.6 Å². The summed E-state index contributed by atoms with van der Waals surface area (Å²) in [4.78, 5) is 13.2. The number of fused-ring (bicyclic) bond motifs is 4. The summed E-state index contributed by atoms with van der Waals surface area (Å²) < 4.78 is 35.9. The van der Waals surface area contributed by atoms with Crippen molar-refractivity contribution in [1.29, 1.82) is 0 Å². The highest BCUT2D eigenvalue weighted by molar-refractivity contribution is 5.82. The summed E-state index contributed by atoms with van der Waals surface area (Å²) in [5.41, 5.74) is -0.361. The lowest BCUT2D eigenvalue weighted by Crippen LogP contribution is -2.63. The molecule has 44 heavy (non-hydrogen) atoms. The van der Waals surface area contributed by atoms with E-state index in [1.54, 1.807) is 14.0 Å². The summed E-state index contributed by atoms with van der Waals surface area (Å²) in [5.74, 6) is 0.352. The van der Waals surface area contributed by atoms with Crippen LogP contribution in [0.1, 0.15) is 91.9 Å². The Morgan fingerprint density at radius 3 is 2.36 bits per heavy atom. The van der Waals surface area contributed by atoms with Crippen molar-refractivity contribution in [3.8, 4) is 0 Å². The molecule has 248 valence electrons. The third-order valence-electron chi connectivity index (χ3n) is 13.3. The molecule has 3 N–H and O–H groups in total. The molecule has 0 aromatic heterocycles. The summed E-state index contributed by atoms with van der Waals surface area (Å²) in [5, 5.41) is 33.7. The van der Waals surface area contributed by atoms with E-state index in [0.717, 1.165) is 38.5 Å². The molecule has 0 bridgehead atoms. The van der Waals surface area contributed by atoms with Gasteiger partial charge in [-0.05, 0) is 89.4 Å². The molecule has 6 fully saturated rings. The highest BCUT2D eigenvalue weighted by Gasteiger charge is 2.75. The van der Waals surface area contributed by atoms with Crippen LogP contribution in [0.5, 0.6) is 0 Å². The fraction of sp³-hybridized carbons (Fsp3) is 0.912. The van der Waals surface area contributed by atoms with Gasteiger partial charge in [-0.1, -0.05) is 18.6 Å². The number of hydrogen-bond donors (Lipinski definition) is 3. The molecule has 10 nitrogen and oxygen atoms in total. The van der Waals surface area contributed by atoms with Gasteiger partial charge in [0.1, 0.15) is 23.7 Å². The van der Waals surface area contributed by atoms with Gasteiger partial charge < -0.3 is 43.7 Å². The SMILES string of the molecule is CO[C@H]1C[C@@H](O[C@H]2[C@@H](O)C[C@H](O[C@H]3CC[C@@]4(C)C(=CC[C@@H]5[C@@H]4CC[C@]46C(=O)O[C@H](C)[C@H]4CC[C@]56O)C3)O[C@@H]2C)O[C@H](C)[C@H]1O. The molecule has 10 heteroatoms. The maximum absolute atomic E-state index is 13.2. The van der Waals surface area contributed by atoms with Crippen LogP contribution in [-0.4, -0.2) is 95.4 Å². The van der Waals surface area contributed by atoms with E-state index in [1.807, 2.05) is 13.8 Å². The van der Waals surface area contributed by atoms with Gasteiger partial charge in [-0.3, -0.25) is 4.79 Å². The van der Waals surface area contributed by atoms with Crippen LogP contribution in [0, 0.1) is 28.6 Å². The third-order valence-corrected chi connectivity index (χ3v) is 13.3. The lowest BCUT2D eigenvalue weighted by molar-refractivity contribution is -0.317. The first-order valence-electron chi connectivity index (χ1n) is 17.0. The van der Waals surface area contributed by atoms with Crippen LogP contribution in [0.25, 0.3) is 0 Å². The first kappa shape index (κ1) is 31.5. The number of ether oxygens (including phenoxy) is 6. The molecule has 0 radical (unpaired) electrons. The van der Waals surface area contributed by atoms with Crippen LogP contribution < -0.4 is 0 Å². The topological polar surface area (TPSA) is 133 Å². The monoisotopic (exact) mass is 620 g/mol. The Hall–Kier alpha value is -1.11. The van der Waals surface area contributed by atoms with Gasteiger partial charge in [0, 0.05) is 25.9 Å². The lowest BCUT2D eigenvalue weighted by Gasteiger charge is -2.60. The molecule has 16 atom stereocenters. The first-order chi connectivity index (χ1) is 20.9. The Balaban J connectivity index is 0.983. The standard InChI is InChI=1S/C34H52O10/c1-17-22-10-13-34(38)24-7-6-20-14-21(8-11-32(20,4)23(24)9-12-33(22,34)31(37)42-17)43-27-15-25(35)30(19(3)41-27)44-28-16-26(39-5)29(36)18(2)40-28/h6,17-19,21-30,35-36,38H,7-16H2,1-5H3/t17-,18-,19-,21+,22-,23+,24-,25+,26+,27+,28-,29-,30-,32+,33-,34+/m1/s1. The fourth-order valence-corrected chi connectivity index (χ4v) is 10.9. The van der Waals surface area contributed by atoms with E-state index in [9.17, 15) is 20.1 Å². The average Bonchev–Trinajstić information content (AvgIpc) is 3.43. The van der Waals surface area contributed by atoms with Gasteiger partial charge in [0.2, 0.25) is 0 Å². The van der Waals surface area contributed by atoms with Crippen LogP contribution in [0.3, 0.4) is 0 Å². The molecule has 0 amide bonds. The summed E-state index contributed by atoms with van der Waals surface area (Å²) in [7, 11) is 1.56. The molecule has 7 aliphatic rings. The van der Waals surface area contributed by atoms with E-state index in [0.29, 0.717) is 31.6 Å². The zero-order valence-corrected chi connectivity index (χ0v) is 26.9. The van der Waals surface area contributed by atoms with Gasteiger partial charge in [-0.15, -0.1) is 0 Å². The molecule has 3 saturated heterocycles. The second-order valence-electron chi connectivity index (χ2n) is 15.2. The molecular weight excluding hydrogens is 568 g/mol. The number of allylic oxidation sites excluding steroid dienone is 1. The minimum atomic E-state index is -0.993. The summed E-state index contributed by atoms with van der Waals surface area (Å²) >= 11 is 0. The van der Waals surface area contributed by atoms with E-state index in [2.05, 4.69) is 13.0 Å². The smallest absolute Gasteiger partial charge is 0.315 e. The number of hydrogen-bond acceptors (Lipinski definition) is 10. The zero-order chi connectivity index (χ0) is 31.2. The highest BCUT2D eigenvalue weighted by atomic mass is 16.7. The minimum absolute atomic E-state index is 0.0150. The largest absolute Gasteiger partial charge is 0.462 e. The molecule has 0 unspecified atom stereocenters. The maximum atomic E-state index is 13.2. The van der Waals surface area contributed by atoms with E-state index in [1.165, 1.54) is 5.57 Å². The zero-order valence-electron chi connectivity index (χ0n) is 26.9. The number of carbonyl (C=O) groups excluding carboxylic acids is 1. The van der Waals surface area contributed by atoms with Gasteiger partial charge in [0.25, 0.3) is 0 Å². The second-order valence-corrected chi connectivity index (χ2v) is 15.2. The first-order valence-corrected chi connectivity index (χ1v) is 17.0. The van der Waals surface area contributed by atoms with Gasteiger partial charge in [-0.25, -0.2) is 0 Å². The van der Waals surface area contributed by atoms with Crippen LogP contribution >= 0.6 is 0 Å². The van der Waals surface area contributed by atoms with Crippen molar-refractivity contribution < 1.29 is 48.5 Å². The molecule has 4 aliphatic carbocycles. The number of esters is 1. The van der Waals surface area contributed by atoms with Crippen LogP contribution in [-0.2, 0) is 33.2 Å². The predicted molar refractivity (Wildman–Crippen MR) is 157 cm³/mol. The Kier molecular flexibility index (Phi) is 8.05. The Labute approximate surface area is 260 Å². The quantitative estimate of drug-likeness (QED) is 0.310. The van der Waals surface area contributed by atoms with Crippen molar-refractivity contribution in [3.63, 3.8) is 0 Å².